The van der Waals surface area contributed by atoms with Gasteiger partial charge in [-0.2, -0.15) is 4.98 Å². The largest absolute Gasteiger partial charge is 0.368 e. The lowest BCUT2D eigenvalue weighted by Crippen LogP contribution is -2.47. The minimum absolute atomic E-state index is 0.862. The molecule has 0 saturated carbocycles. The third-order valence-corrected chi connectivity index (χ3v) is 5.88. The van der Waals surface area contributed by atoms with Crippen LogP contribution in [-0.4, -0.2) is 49.2 Å². The van der Waals surface area contributed by atoms with Gasteiger partial charge in [0.25, 0.3) is 0 Å². The molecular weight excluding hydrogens is 358 g/mol. The van der Waals surface area contributed by atoms with Crippen molar-refractivity contribution in [2.45, 2.75) is 12.8 Å². The standard InChI is InChI=1S/C24H27N5/c1-3-9-20(10-4-1)22-19-23(28-13-7-8-14-28)26-24(25-22)29-17-15-27(16-18-29)21-11-5-2-6-12-21/h1-6,9-12,19H,7-8,13-18H2. The van der Waals surface area contributed by atoms with Gasteiger partial charge < -0.3 is 14.7 Å². The molecule has 0 radical (unpaired) electrons. The molecule has 5 heteroatoms. The number of para-hydroxylation sites is 1. The first-order valence-electron chi connectivity index (χ1n) is 10.6. The maximum atomic E-state index is 4.98. The molecule has 2 aliphatic heterocycles. The monoisotopic (exact) mass is 385 g/mol. The zero-order chi connectivity index (χ0) is 19.5. The second-order valence-corrected chi connectivity index (χ2v) is 7.78. The van der Waals surface area contributed by atoms with E-state index >= 15 is 0 Å². The number of rotatable bonds is 4. The fourth-order valence-corrected chi connectivity index (χ4v) is 4.23. The van der Waals surface area contributed by atoms with Gasteiger partial charge >= 0.3 is 0 Å². The predicted octanol–water partition coefficient (Wildman–Crippen LogP) is 4.07. The molecule has 148 valence electrons. The highest BCUT2D eigenvalue weighted by molar-refractivity contribution is 5.65. The summed E-state index contributed by atoms with van der Waals surface area (Å²) in [5.41, 5.74) is 3.46. The van der Waals surface area contributed by atoms with Crippen molar-refractivity contribution in [3.8, 4) is 11.3 Å². The van der Waals surface area contributed by atoms with Crippen molar-refractivity contribution in [1.29, 1.82) is 0 Å². The molecule has 2 fully saturated rings. The van der Waals surface area contributed by atoms with Crippen molar-refractivity contribution in [3.05, 3.63) is 66.7 Å². The Bertz CT molecular complexity index is 930. The third-order valence-electron chi connectivity index (χ3n) is 5.88. The lowest BCUT2D eigenvalue weighted by atomic mass is 10.1. The van der Waals surface area contributed by atoms with Crippen molar-refractivity contribution in [2.75, 3.05) is 54.0 Å². The minimum Gasteiger partial charge on any atom is -0.368 e. The fraction of sp³-hybridized carbons (Fsp3) is 0.333. The highest BCUT2D eigenvalue weighted by Gasteiger charge is 2.22. The summed E-state index contributed by atoms with van der Waals surface area (Å²) in [6.07, 6.45) is 2.49. The summed E-state index contributed by atoms with van der Waals surface area (Å²) >= 11 is 0. The van der Waals surface area contributed by atoms with Crippen LogP contribution >= 0.6 is 0 Å². The van der Waals surface area contributed by atoms with Gasteiger partial charge in [-0.3, -0.25) is 0 Å². The number of piperazine rings is 1. The van der Waals surface area contributed by atoms with Crippen LogP contribution in [0.5, 0.6) is 0 Å². The zero-order valence-corrected chi connectivity index (χ0v) is 16.7. The SMILES string of the molecule is c1ccc(-c2cc(N3CCCC3)nc(N3CCN(c4ccccc4)CC3)n2)cc1. The Morgan fingerprint density at radius 2 is 1.21 bits per heavy atom. The Kier molecular flexibility index (Phi) is 5.03. The summed E-state index contributed by atoms with van der Waals surface area (Å²) < 4.78 is 0. The van der Waals surface area contributed by atoms with Crippen LogP contribution in [0.4, 0.5) is 17.5 Å². The number of anilines is 3. The molecule has 0 atom stereocenters. The third kappa shape index (κ3) is 3.90. The average molecular weight is 386 g/mol. The van der Waals surface area contributed by atoms with Crippen LogP contribution in [0.3, 0.4) is 0 Å². The van der Waals surface area contributed by atoms with E-state index in [1.165, 1.54) is 18.5 Å². The van der Waals surface area contributed by atoms with Gasteiger partial charge in [0, 0.05) is 56.6 Å². The van der Waals surface area contributed by atoms with Crippen LogP contribution in [-0.2, 0) is 0 Å². The number of hydrogen-bond donors (Lipinski definition) is 0. The molecule has 0 unspecified atom stereocenters. The fourth-order valence-electron chi connectivity index (χ4n) is 4.23. The highest BCUT2D eigenvalue weighted by atomic mass is 15.3. The van der Waals surface area contributed by atoms with Crippen molar-refractivity contribution in [3.63, 3.8) is 0 Å². The maximum Gasteiger partial charge on any atom is 0.228 e. The molecule has 0 bridgehead atoms. The number of hydrogen-bond acceptors (Lipinski definition) is 5. The van der Waals surface area contributed by atoms with Crippen LogP contribution in [0.1, 0.15) is 12.8 Å². The minimum atomic E-state index is 0.862. The van der Waals surface area contributed by atoms with Gasteiger partial charge in [0.1, 0.15) is 5.82 Å². The van der Waals surface area contributed by atoms with Crippen LogP contribution in [0.15, 0.2) is 66.7 Å². The van der Waals surface area contributed by atoms with Gasteiger partial charge in [0.15, 0.2) is 0 Å². The molecule has 0 amide bonds. The van der Waals surface area contributed by atoms with Gasteiger partial charge in [0.05, 0.1) is 5.69 Å². The van der Waals surface area contributed by atoms with Crippen molar-refractivity contribution < 1.29 is 0 Å². The molecule has 1 aromatic heterocycles. The van der Waals surface area contributed by atoms with E-state index in [-0.39, 0.29) is 0 Å². The van der Waals surface area contributed by atoms with E-state index in [0.717, 1.165) is 62.3 Å². The quantitative estimate of drug-likeness (QED) is 0.676. The molecule has 2 aliphatic rings. The van der Waals surface area contributed by atoms with Gasteiger partial charge in [-0.15, -0.1) is 0 Å². The van der Waals surface area contributed by atoms with E-state index in [1.54, 1.807) is 0 Å². The second kappa shape index (κ2) is 8.11. The van der Waals surface area contributed by atoms with Crippen molar-refractivity contribution >= 4 is 17.5 Å². The van der Waals surface area contributed by atoms with Crippen LogP contribution in [0, 0.1) is 0 Å². The average Bonchev–Trinajstić information content (AvgIpc) is 3.35. The summed E-state index contributed by atoms with van der Waals surface area (Å²) in [5, 5.41) is 0. The Morgan fingerprint density at radius 3 is 1.90 bits per heavy atom. The lowest BCUT2D eigenvalue weighted by Gasteiger charge is -2.36. The molecule has 0 aliphatic carbocycles. The summed E-state index contributed by atoms with van der Waals surface area (Å²) in [4.78, 5) is 17.1. The smallest absolute Gasteiger partial charge is 0.228 e. The molecule has 2 saturated heterocycles. The Balaban J connectivity index is 1.41. The first kappa shape index (κ1) is 18.0. The number of nitrogens with zero attached hydrogens (tertiary/aromatic N) is 5. The van der Waals surface area contributed by atoms with E-state index in [0.29, 0.717) is 0 Å². The molecule has 2 aromatic carbocycles. The molecule has 29 heavy (non-hydrogen) atoms. The predicted molar refractivity (Wildman–Crippen MR) is 120 cm³/mol. The molecule has 0 N–H and O–H groups in total. The molecule has 0 spiro atoms. The summed E-state index contributed by atoms with van der Waals surface area (Å²) in [7, 11) is 0. The van der Waals surface area contributed by atoms with E-state index < -0.39 is 0 Å². The van der Waals surface area contributed by atoms with Crippen molar-refractivity contribution in [2.24, 2.45) is 0 Å². The van der Waals surface area contributed by atoms with Gasteiger partial charge in [-0.05, 0) is 25.0 Å². The first-order chi connectivity index (χ1) is 14.4. The Morgan fingerprint density at radius 1 is 0.586 bits per heavy atom. The van der Waals surface area contributed by atoms with Crippen LogP contribution < -0.4 is 14.7 Å². The normalized spacial score (nSPS) is 17.0. The van der Waals surface area contributed by atoms with Crippen LogP contribution in [0.2, 0.25) is 0 Å². The molecule has 3 heterocycles. The number of benzene rings is 2. The molecule has 3 aromatic rings. The molecular formula is C24H27N5. The topological polar surface area (TPSA) is 35.5 Å². The van der Waals surface area contributed by atoms with E-state index in [9.17, 15) is 0 Å². The zero-order valence-electron chi connectivity index (χ0n) is 16.7. The summed E-state index contributed by atoms with van der Waals surface area (Å²) in [6.45, 7) is 6.03. The molecule has 5 rings (SSSR count). The maximum absolute atomic E-state index is 4.98. The van der Waals surface area contributed by atoms with Crippen LogP contribution in [0.25, 0.3) is 11.3 Å². The Labute approximate surface area is 172 Å². The van der Waals surface area contributed by atoms with E-state index in [2.05, 4.69) is 81.4 Å². The first-order valence-corrected chi connectivity index (χ1v) is 10.6. The van der Waals surface area contributed by atoms with Crippen molar-refractivity contribution in [1.82, 2.24) is 9.97 Å². The number of aromatic nitrogens is 2. The highest BCUT2D eigenvalue weighted by Crippen LogP contribution is 2.27. The summed E-state index contributed by atoms with van der Waals surface area (Å²) in [6, 6.07) is 23.3. The summed E-state index contributed by atoms with van der Waals surface area (Å²) in [5.74, 6) is 1.93. The molecule has 5 nitrogen and oxygen atoms in total. The van der Waals surface area contributed by atoms with E-state index in [1.807, 2.05) is 0 Å². The second-order valence-electron chi connectivity index (χ2n) is 7.78. The Hall–Kier alpha value is -3.08. The lowest BCUT2D eigenvalue weighted by molar-refractivity contribution is 0.640. The van der Waals surface area contributed by atoms with Gasteiger partial charge in [0.2, 0.25) is 5.95 Å². The van der Waals surface area contributed by atoms with E-state index in [4.69, 9.17) is 9.97 Å². The van der Waals surface area contributed by atoms with Gasteiger partial charge in [-0.1, -0.05) is 48.5 Å². The van der Waals surface area contributed by atoms with Gasteiger partial charge in [-0.25, -0.2) is 4.98 Å².